The first-order valence-electron chi connectivity index (χ1n) is 7.15. The Morgan fingerprint density at radius 1 is 1.38 bits per heavy atom. The molecule has 116 valence electrons. The third kappa shape index (κ3) is 3.73. The predicted molar refractivity (Wildman–Crippen MR) is 77.5 cm³/mol. The topological polar surface area (TPSA) is 49.8 Å². The van der Waals surface area contributed by atoms with Crippen LogP contribution in [0.15, 0.2) is 24.3 Å². The minimum atomic E-state index is -0.568. The monoisotopic (exact) mass is 295 g/mol. The van der Waals surface area contributed by atoms with E-state index in [-0.39, 0.29) is 24.3 Å². The van der Waals surface area contributed by atoms with Gasteiger partial charge in [0, 0.05) is 31.5 Å². The Labute approximate surface area is 124 Å². The molecular formula is C16H22FNO3. The molecule has 4 nitrogen and oxygen atoms in total. The number of amides is 1. The van der Waals surface area contributed by atoms with Gasteiger partial charge in [0.05, 0.1) is 0 Å². The number of aliphatic hydroxyl groups is 1. The standard InChI is InChI=1S/C16H22FNO3/c1-16(2,3)21-15(20)18-8-11(10-19)13(9-18)12-6-4-5-7-14(12)17/h4-7,11,13,19H,8-10H2,1-3H3/t11-,13-/m1/s1. The molecule has 1 aliphatic heterocycles. The molecule has 2 rings (SSSR count). The Hall–Kier alpha value is -1.62. The van der Waals surface area contributed by atoms with Crippen LogP contribution in [-0.4, -0.2) is 41.4 Å². The van der Waals surface area contributed by atoms with Crippen LogP contribution in [0.25, 0.3) is 0 Å². The lowest BCUT2D eigenvalue weighted by Gasteiger charge is -2.24. The van der Waals surface area contributed by atoms with Crippen molar-refractivity contribution < 1.29 is 19.0 Å². The fraction of sp³-hybridized carbons (Fsp3) is 0.562. The van der Waals surface area contributed by atoms with Crippen molar-refractivity contribution >= 4 is 6.09 Å². The van der Waals surface area contributed by atoms with Crippen molar-refractivity contribution in [2.75, 3.05) is 19.7 Å². The SMILES string of the molecule is CC(C)(C)OC(=O)N1C[C@H](CO)[C@H](c2ccccc2F)C1. The summed E-state index contributed by atoms with van der Waals surface area (Å²) < 4.78 is 19.3. The van der Waals surface area contributed by atoms with Crippen LogP contribution in [0.2, 0.25) is 0 Å². The van der Waals surface area contributed by atoms with E-state index in [0.717, 1.165) is 0 Å². The number of nitrogens with zero attached hydrogens (tertiary/aromatic N) is 1. The fourth-order valence-electron chi connectivity index (χ4n) is 2.66. The zero-order valence-corrected chi connectivity index (χ0v) is 12.7. The van der Waals surface area contributed by atoms with Crippen molar-refractivity contribution in [1.82, 2.24) is 4.90 Å². The molecule has 0 aromatic heterocycles. The second-order valence-corrected chi connectivity index (χ2v) is 6.46. The molecule has 0 unspecified atom stereocenters. The lowest BCUT2D eigenvalue weighted by molar-refractivity contribution is 0.0283. The van der Waals surface area contributed by atoms with E-state index in [4.69, 9.17) is 4.74 Å². The molecule has 0 bridgehead atoms. The van der Waals surface area contributed by atoms with Crippen LogP contribution in [0, 0.1) is 11.7 Å². The summed E-state index contributed by atoms with van der Waals surface area (Å²) in [5.74, 6) is -0.676. The highest BCUT2D eigenvalue weighted by atomic mass is 19.1. The van der Waals surface area contributed by atoms with Gasteiger partial charge in [-0.05, 0) is 32.4 Å². The summed E-state index contributed by atoms with van der Waals surface area (Å²) in [6, 6.07) is 6.51. The van der Waals surface area contributed by atoms with Gasteiger partial charge in [0.25, 0.3) is 0 Å². The van der Waals surface area contributed by atoms with Gasteiger partial charge in [-0.1, -0.05) is 18.2 Å². The normalized spacial score (nSPS) is 22.4. The molecular weight excluding hydrogens is 273 g/mol. The summed E-state index contributed by atoms with van der Waals surface area (Å²) >= 11 is 0. The van der Waals surface area contributed by atoms with Crippen molar-refractivity contribution in [3.05, 3.63) is 35.6 Å². The van der Waals surface area contributed by atoms with Crippen LogP contribution >= 0.6 is 0 Å². The molecule has 1 N–H and O–H groups in total. The molecule has 1 aromatic carbocycles. The minimum Gasteiger partial charge on any atom is -0.444 e. The van der Waals surface area contributed by atoms with Crippen molar-refractivity contribution in [1.29, 1.82) is 0 Å². The molecule has 1 aromatic rings. The third-order valence-electron chi connectivity index (χ3n) is 3.63. The molecule has 1 amide bonds. The Bertz CT molecular complexity index is 512. The Balaban J connectivity index is 2.15. The molecule has 1 fully saturated rings. The Morgan fingerprint density at radius 2 is 2.05 bits per heavy atom. The molecule has 0 saturated carbocycles. The summed E-state index contributed by atoms with van der Waals surface area (Å²) in [6.07, 6.45) is -0.417. The van der Waals surface area contributed by atoms with Gasteiger partial charge in [0.2, 0.25) is 0 Å². The highest BCUT2D eigenvalue weighted by Gasteiger charge is 2.38. The van der Waals surface area contributed by atoms with E-state index in [1.165, 1.54) is 6.07 Å². The number of hydrogen-bond donors (Lipinski definition) is 1. The van der Waals surface area contributed by atoms with Crippen LogP contribution < -0.4 is 0 Å². The van der Waals surface area contributed by atoms with E-state index in [1.54, 1.807) is 43.9 Å². The van der Waals surface area contributed by atoms with Gasteiger partial charge >= 0.3 is 6.09 Å². The Morgan fingerprint density at radius 3 is 2.62 bits per heavy atom. The molecule has 1 aliphatic rings. The Kier molecular flexibility index (Phi) is 4.52. The number of carbonyl (C=O) groups excluding carboxylic acids is 1. The van der Waals surface area contributed by atoms with Crippen molar-refractivity contribution in [3.8, 4) is 0 Å². The number of carbonyl (C=O) groups is 1. The van der Waals surface area contributed by atoms with Gasteiger partial charge in [0.1, 0.15) is 11.4 Å². The van der Waals surface area contributed by atoms with E-state index >= 15 is 0 Å². The lowest BCUT2D eigenvalue weighted by Crippen LogP contribution is -2.35. The predicted octanol–water partition coefficient (Wildman–Crippen LogP) is 2.77. The second kappa shape index (κ2) is 6.02. The first kappa shape index (κ1) is 15.8. The smallest absolute Gasteiger partial charge is 0.410 e. The molecule has 1 heterocycles. The molecule has 21 heavy (non-hydrogen) atoms. The molecule has 1 saturated heterocycles. The maximum atomic E-state index is 13.9. The molecule has 0 aliphatic carbocycles. The van der Waals surface area contributed by atoms with Crippen LogP contribution in [0.3, 0.4) is 0 Å². The zero-order valence-electron chi connectivity index (χ0n) is 12.7. The number of rotatable bonds is 2. The fourth-order valence-corrected chi connectivity index (χ4v) is 2.66. The summed E-state index contributed by atoms with van der Waals surface area (Å²) in [7, 11) is 0. The third-order valence-corrected chi connectivity index (χ3v) is 3.63. The lowest BCUT2D eigenvalue weighted by atomic mass is 9.89. The van der Waals surface area contributed by atoms with E-state index in [0.29, 0.717) is 18.7 Å². The molecule has 0 radical (unpaired) electrons. The quantitative estimate of drug-likeness (QED) is 0.912. The average molecular weight is 295 g/mol. The van der Waals surface area contributed by atoms with Gasteiger partial charge in [-0.2, -0.15) is 0 Å². The number of benzene rings is 1. The maximum Gasteiger partial charge on any atom is 0.410 e. The van der Waals surface area contributed by atoms with Gasteiger partial charge in [-0.3, -0.25) is 0 Å². The number of likely N-dealkylation sites (tertiary alicyclic amines) is 1. The number of halogens is 1. The summed E-state index contributed by atoms with van der Waals surface area (Å²) in [6.45, 7) is 6.07. The van der Waals surface area contributed by atoms with E-state index < -0.39 is 11.7 Å². The molecule has 2 atom stereocenters. The van der Waals surface area contributed by atoms with Gasteiger partial charge in [0.15, 0.2) is 0 Å². The number of aliphatic hydroxyl groups excluding tert-OH is 1. The highest BCUT2D eigenvalue weighted by molar-refractivity contribution is 5.68. The number of ether oxygens (including phenoxy) is 1. The van der Waals surface area contributed by atoms with E-state index in [9.17, 15) is 14.3 Å². The number of hydrogen-bond acceptors (Lipinski definition) is 3. The average Bonchev–Trinajstić information content (AvgIpc) is 2.81. The van der Waals surface area contributed by atoms with Crippen LogP contribution in [0.4, 0.5) is 9.18 Å². The van der Waals surface area contributed by atoms with E-state index in [1.807, 2.05) is 0 Å². The minimum absolute atomic E-state index is 0.0850. The van der Waals surface area contributed by atoms with E-state index in [2.05, 4.69) is 0 Å². The van der Waals surface area contributed by atoms with Gasteiger partial charge in [-0.25, -0.2) is 9.18 Å². The van der Waals surface area contributed by atoms with Gasteiger partial charge < -0.3 is 14.7 Å². The highest BCUT2D eigenvalue weighted by Crippen LogP contribution is 2.34. The van der Waals surface area contributed by atoms with Crippen LogP contribution in [0.1, 0.15) is 32.3 Å². The van der Waals surface area contributed by atoms with Gasteiger partial charge in [-0.15, -0.1) is 0 Å². The largest absolute Gasteiger partial charge is 0.444 e. The van der Waals surface area contributed by atoms with Crippen molar-refractivity contribution in [2.45, 2.75) is 32.3 Å². The summed E-state index contributed by atoms with van der Waals surface area (Å²) in [5, 5.41) is 9.52. The zero-order chi connectivity index (χ0) is 15.6. The van der Waals surface area contributed by atoms with Crippen molar-refractivity contribution in [3.63, 3.8) is 0 Å². The summed E-state index contributed by atoms with van der Waals surface area (Å²) in [4.78, 5) is 13.7. The first-order valence-corrected chi connectivity index (χ1v) is 7.15. The molecule has 5 heteroatoms. The first-order chi connectivity index (χ1) is 9.81. The maximum absolute atomic E-state index is 13.9. The van der Waals surface area contributed by atoms with Crippen molar-refractivity contribution in [2.24, 2.45) is 5.92 Å². The van der Waals surface area contributed by atoms with Crippen LogP contribution in [0.5, 0.6) is 0 Å². The van der Waals surface area contributed by atoms with Crippen LogP contribution in [-0.2, 0) is 4.74 Å². The molecule has 0 spiro atoms. The summed E-state index contributed by atoms with van der Waals surface area (Å²) in [5.41, 5.74) is -0.0235. The second-order valence-electron chi connectivity index (χ2n) is 6.46.